The molecule has 0 saturated carbocycles. The maximum absolute atomic E-state index is 14.0. The lowest BCUT2D eigenvalue weighted by molar-refractivity contribution is -0.122. The summed E-state index contributed by atoms with van der Waals surface area (Å²) in [4.78, 5) is 49.1. The lowest BCUT2D eigenvalue weighted by atomic mass is 10.0. The van der Waals surface area contributed by atoms with E-state index in [-0.39, 0.29) is 30.3 Å². The number of H-pyrrole nitrogens is 1. The van der Waals surface area contributed by atoms with Gasteiger partial charge in [-0.25, -0.2) is 0 Å². The molecule has 0 aliphatic carbocycles. The summed E-state index contributed by atoms with van der Waals surface area (Å²) in [5.41, 5.74) is 3.71. The Morgan fingerprint density at radius 2 is 1.52 bits per heavy atom. The van der Waals surface area contributed by atoms with Gasteiger partial charge in [0.05, 0.1) is 11.3 Å². The van der Waals surface area contributed by atoms with Crippen LogP contribution in [-0.4, -0.2) is 54.3 Å². The number of carbonyl (C=O) groups excluding carboxylic acids is 3. The van der Waals surface area contributed by atoms with E-state index in [0.29, 0.717) is 34.8 Å². The van der Waals surface area contributed by atoms with Crippen molar-refractivity contribution in [3.05, 3.63) is 143 Å². The zero-order valence-corrected chi connectivity index (χ0v) is 30.3. The van der Waals surface area contributed by atoms with Crippen LogP contribution in [0.4, 0.5) is 11.4 Å². The summed E-state index contributed by atoms with van der Waals surface area (Å²) in [6, 6.07) is 34.9. The standard InChI is InChI=1S/C41H40BrN7O3/c1-2-20-44-41(47-32-12-4-3-5-13-32)45-22-21-43-40(52)37(24-30-26-46-35-15-9-8-14-33(30)35)49-39(51)34-25-31(42)18-19-36(34)48-38(50)29-17-16-27-10-6-7-11-28(27)23-29/h3-19,23,25-26,37,46H,2,20-22,24H2,1H3,(H,43,52)(H,48,50)(H,49,51)(H2,44,45,47)/t37-/m0/s1. The fraction of sp³-hybridized carbons (Fsp3) is 0.171. The van der Waals surface area contributed by atoms with Gasteiger partial charge in [0.25, 0.3) is 11.8 Å². The maximum Gasteiger partial charge on any atom is 0.255 e. The average molecular weight is 759 g/mol. The van der Waals surface area contributed by atoms with Gasteiger partial charge in [-0.2, -0.15) is 0 Å². The average Bonchev–Trinajstić information content (AvgIpc) is 3.58. The molecule has 6 rings (SSSR count). The molecule has 52 heavy (non-hydrogen) atoms. The number of guanidine groups is 1. The first-order valence-corrected chi connectivity index (χ1v) is 18.0. The van der Waals surface area contributed by atoms with Crippen molar-refractivity contribution in [2.45, 2.75) is 25.8 Å². The van der Waals surface area contributed by atoms with Gasteiger partial charge in [-0.1, -0.05) is 89.6 Å². The normalized spacial score (nSPS) is 11.9. The molecule has 0 unspecified atom stereocenters. The predicted molar refractivity (Wildman–Crippen MR) is 213 cm³/mol. The Bertz CT molecular complexity index is 2220. The van der Waals surface area contributed by atoms with Crippen molar-refractivity contribution in [3.63, 3.8) is 0 Å². The number of anilines is 2. The summed E-state index contributed by atoms with van der Waals surface area (Å²) in [6.45, 7) is 3.39. The molecular weight excluding hydrogens is 718 g/mol. The van der Waals surface area contributed by atoms with Gasteiger partial charge in [0, 0.05) is 58.9 Å². The highest BCUT2D eigenvalue weighted by Crippen LogP contribution is 2.24. The van der Waals surface area contributed by atoms with Gasteiger partial charge in [-0.15, -0.1) is 0 Å². The summed E-state index contributed by atoms with van der Waals surface area (Å²) in [5, 5.41) is 18.3. The first-order chi connectivity index (χ1) is 25.4. The van der Waals surface area contributed by atoms with E-state index in [9.17, 15) is 14.4 Å². The molecule has 0 bridgehead atoms. The van der Waals surface area contributed by atoms with Crippen LogP contribution in [0.25, 0.3) is 21.7 Å². The van der Waals surface area contributed by atoms with E-state index in [2.05, 4.69) is 59.4 Å². The molecule has 1 atom stereocenters. The van der Waals surface area contributed by atoms with Crippen molar-refractivity contribution in [1.82, 2.24) is 20.9 Å². The van der Waals surface area contributed by atoms with Crippen LogP contribution >= 0.6 is 15.9 Å². The number of nitrogens with zero attached hydrogens (tertiary/aromatic N) is 1. The van der Waals surface area contributed by atoms with E-state index in [1.807, 2.05) is 97.2 Å². The van der Waals surface area contributed by atoms with Crippen molar-refractivity contribution in [2.75, 3.05) is 30.3 Å². The van der Waals surface area contributed by atoms with Crippen LogP contribution in [0.1, 0.15) is 39.6 Å². The minimum absolute atomic E-state index is 0.214. The Morgan fingerprint density at radius 1 is 0.769 bits per heavy atom. The lowest BCUT2D eigenvalue weighted by Crippen LogP contribution is -2.49. The number of halogens is 1. The number of rotatable bonds is 13. The molecular formula is C41H40BrN7O3. The van der Waals surface area contributed by atoms with E-state index in [0.717, 1.165) is 39.3 Å². The number of aromatic amines is 1. The Hall–Kier alpha value is -5.94. The van der Waals surface area contributed by atoms with Gasteiger partial charge in [-0.3, -0.25) is 19.4 Å². The number of nitrogens with one attached hydrogen (secondary N) is 6. The molecule has 0 radical (unpaired) electrons. The molecule has 0 spiro atoms. The van der Waals surface area contributed by atoms with Crippen LogP contribution in [-0.2, 0) is 11.2 Å². The SMILES string of the molecule is CCCN=C(NCCNC(=O)[C@H](Cc1c[nH]c2ccccc12)NC(=O)c1cc(Br)ccc1NC(=O)c1ccc2ccccc2c1)Nc1ccccc1. The summed E-state index contributed by atoms with van der Waals surface area (Å²) >= 11 is 3.47. The molecule has 0 fully saturated rings. The summed E-state index contributed by atoms with van der Waals surface area (Å²) in [7, 11) is 0. The molecule has 3 amide bonds. The highest BCUT2D eigenvalue weighted by atomic mass is 79.9. The van der Waals surface area contributed by atoms with E-state index >= 15 is 0 Å². The number of aromatic nitrogens is 1. The van der Waals surface area contributed by atoms with Crippen molar-refractivity contribution in [3.8, 4) is 0 Å². The molecule has 5 aromatic carbocycles. The van der Waals surface area contributed by atoms with Gasteiger partial charge in [0.2, 0.25) is 5.91 Å². The number of aliphatic imine (C=N–C) groups is 1. The Balaban J connectivity index is 1.17. The first-order valence-electron chi connectivity index (χ1n) is 17.2. The molecule has 6 aromatic rings. The minimum atomic E-state index is -0.926. The zero-order valence-electron chi connectivity index (χ0n) is 28.7. The molecule has 11 heteroatoms. The quantitative estimate of drug-likeness (QED) is 0.0418. The van der Waals surface area contributed by atoms with Gasteiger partial charge >= 0.3 is 0 Å². The number of para-hydroxylation sites is 2. The highest BCUT2D eigenvalue weighted by Gasteiger charge is 2.25. The zero-order chi connectivity index (χ0) is 36.3. The lowest BCUT2D eigenvalue weighted by Gasteiger charge is -2.20. The van der Waals surface area contributed by atoms with Crippen LogP contribution in [0.2, 0.25) is 0 Å². The third kappa shape index (κ3) is 9.23. The summed E-state index contributed by atoms with van der Waals surface area (Å²) < 4.78 is 0.648. The van der Waals surface area contributed by atoms with Gasteiger partial charge < -0.3 is 31.6 Å². The topological polar surface area (TPSA) is 140 Å². The van der Waals surface area contributed by atoms with Crippen molar-refractivity contribution in [2.24, 2.45) is 4.99 Å². The summed E-state index contributed by atoms with van der Waals surface area (Å²) in [5.74, 6) is -0.598. The van der Waals surface area contributed by atoms with E-state index in [4.69, 9.17) is 0 Å². The number of hydrogen-bond acceptors (Lipinski definition) is 4. The third-order valence-electron chi connectivity index (χ3n) is 8.45. The molecule has 1 aromatic heterocycles. The largest absolute Gasteiger partial charge is 0.361 e. The van der Waals surface area contributed by atoms with Crippen LogP contribution in [0.15, 0.2) is 131 Å². The second-order valence-electron chi connectivity index (χ2n) is 12.2. The fourth-order valence-corrected chi connectivity index (χ4v) is 6.18. The minimum Gasteiger partial charge on any atom is -0.361 e. The first kappa shape index (κ1) is 35.9. The molecule has 1 heterocycles. The molecule has 0 aliphatic heterocycles. The maximum atomic E-state index is 14.0. The number of carbonyl (C=O) groups is 3. The molecule has 264 valence electrons. The Labute approximate surface area is 310 Å². The Morgan fingerprint density at radius 3 is 2.35 bits per heavy atom. The number of hydrogen-bond donors (Lipinski definition) is 6. The molecule has 0 aliphatic rings. The van der Waals surface area contributed by atoms with E-state index in [1.54, 1.807) is 24.3 Å². The van der Waals surface area contributed by atoms with E-state index in [1.165, 1.54) is 0 Å². The van der Waals surface area contributed by atoms with Crippen LogP contribution in [0, 0.1) is 0 Å². The van der Waals surface area contributed by atoms with Crippen LogP contribution < -0.4 is 26.6 Å². The van der Waals surface area contributed by atoms with Crippen LogP contribution in [0.5, 0.6) is 0 Å². The predicted octanol–water partition coefficient (Wildman–Crippen LogP) is 7.26. The van der Waals surface area contributed by atoms with Crippen LogP contribution in [0.3, 0.4) is 0 Å². The second-order valence-corrected chi connectivity index (χ2v) is 13.2. The highest BCUT2D eigenvalue weighted by molar-refractivity contribution is 9.10. The van der Waals surface area contributed by atoms with Crippen molar-refractivity contribution < 1.29 is 14.4 Å². The number of fused-ring (bicyclic) bond motifs is 2. The van der Waals surface area contributed by atoms with E-state index < -0.39 is 11.9 Å². The summed E-state index contributed by atoms with van der Waals surface area (Å²) in [6.07, 6.45) is 2.99. The van der Waals surface area contributed by atoms with Gasteiger partial charge in [0.15, 0.2) is 5.96 Å². The van der Waals surface area contributed by atoms with Gasteiger partial charge in [-0.05, 0) is 71.3 Å². The van der Waals surface area contributed by atoms with Crippen molar-refractivity contribution in [1.29, 1.82) is 0 Å². The number of amides is 3. The fourth-order valence-electron chi connectivity index (χ4n) is 5.82. The third-order valence-corrected chi connectivity index (χ3v) is 8.95. The molecule has 0 saturated heterocycles. The number of benzene rings is 5. The van der Waals surface area contributed by atoms with Gasteiger partial charge in [0.1, 0.15) is 6.04 Å². The Kier molecular flexibility index (Phi) is 12.0. The second kappa shape index (κ2) is 17.3. The molecule has 6 N–H and O–H groups in total. The molecule has 10 nitrogen and oxygen atoms in total. The van der Waals surface area contributed by atoms with Crippen molar-refractivity contribution >= 4 is 72.7 Å². The smallest absolute Gasteiger partial charge is 0.255 e. The monoisotopic (exact) mass is 757 g/mol.